The van der Waals surface area contributed by atoms with E-state index < -0.39 is 11.9 Å². The molecule has 0 spiro atoms. The molecule has 2 rings (SSSR count). The van der Waals surface area contributed by atoms with Gasteiger partial charge in [0.15, 0.2) is 0 Å². The number of aliphatic hydroxyl groups is 1. The van der Waals surface area contributed by atoms with E-state index in [2.05, 4.69) is 15.9 Å². The molecule has 1 amide bonds. The largest absolute Gasteiger partial charge is 0.396 e. The van der Waals surface area contributed by atoms with Gasteiger partial charge in [-0.15, -0.1) is 0 Å². The monoisotopic (exact) mass is 288 g/mol. The zero-order valence-electron chi connectivity index (χ0n) is 8.28. The van der Waals surface area contributed by atoms with Gasteiger partial charge in [-0.25, -0.2) is 4.39 Å². The standard InChI is InChI=1S/C10H10BrFN2O2/c11-7-2-8(12)9(13)1-6(7)10(16)14-3-5(15)4-14/h1-2,5,15H,3-4,13H2. The molecule has 0 aromatic heterocycles. The van der Waals surface area contributed by atoms with Gasteiger partial charge >= 0.3 is 0 Å². The Balaban J connectivity index is 2.27. The fourth-order valence-electron chi connectivity index (χ4n) is 1.52. The van der Waals surface area contributed by atoms with Gasteiger partial charge in [0.25, 0.3) is 5.91 Å². The maximum Gasteiger partial charge on any atom is 0.255 e. The molecule has 1 saturated heterocycles. The number of benzene rings is 1. The van der Waals surface area contributed by atoms with Crippen molar-refractivity contribution in [1.82, 2.24) is 4.90 Å². The van der Waals surface area contributed by atoms with Crippen molar-refractivity contribution in [2.45, 2.75) is 6.10 Å². The van der Waals surface area contributed by atoms with E-state index in [9.17, 15) is 9.18 Å². The molecule has 0 atom stereocenters. The van der Waals surface area contributed by atoms with Crippen LogP contribution in [0.3, 0.4) is 0 Å². The Hall–Kier alpha value is -1.14. The maximum absolute atomic E-state index is 13.1. The van der Waals surface area contributed by atoms with Crippen molar-refractivity contribution in [2.75, 3.05) is 18.8 Å². The van der Waals surface area contributed by atoms with Crippen LogP contribution in [-0.2, 0) is 0 Å². The van der Waals surface area contributed by atoms with Crippen molar-refractivity contribution in [3.63, 3.8) is 0 Å². The van der Waals surface area contributed by atoms with Crippen LogP contribution in [0.1, 0.15) is 10.4 Å². The first-order valence-corrected chi connectivity index (χ1v) is 5.50. The quantitative estimate of drug-likeness (QED) is 0.758. The summed E-state index contributed by atoms with van der Waals surface area (Å²) in [5, 5.41) is 9.09. The van der Waals surface area contributed by atoms with E-state index >= 15 is 0 Å². The summed E-state index contributed by atoms with van der Waals surface area (Å²) in [6.07, 6.45) is -0.458. The van der Waals surface area contributed by atoms with Crippen molar-refractivity contribution in [3.05, 3.63) is 28.0 Å². The fourth-order valence-corrected chi connectivity index (χ4v) is 2.01. The highest BCUT2D eigenvalue weighted by atomic mass is 79.9. The van der Waals surface area contributed by atoms with Crippen LogP contribution >= 0.6 is 15.9 Å². The molecular formula is C10H10BrFN2O2. The second-order valence-corrected chi connectivity index (χ2v) is 4.57. The molecule has 1 aliphatic heterocycles. The Bertz CT molecular complexity index is 447. The molecule has 0 bridgehead atoms. The van der Waals surface area contributed by atoms with Crippen molar-refractivity contribution in [3.8, 4) is 0 Å². The molecule has 1 aromatic rings. The number of rotatable bonds is 1. The number of aliphatic hydroxyl groups excluding tert-OH is 1. The van der Waals surface area contributed by atoms with Crippen molar-refractivity contribution < 1.29 is 14.3 Å². The van der Waals surface area contributed by atoms with E-state index in [0.717, 1.165) is 0 Å². The van der Waals surface area contributed by atoms with Gasteiger partial charge in [0.05, 0.1) is 17.4 Å². The molecule has 0 unspecified atom stereocenters. The summed E-state index contributed by atoms with van der Waals surface area (Å²) in [6.45, 7) is 0.616. The third-order valence-electron chi connectivity index (χ3n) is 2.47. The Morgan fingerprint density at radius 1 is 1.56 bits per heavy atom. The lowest BCUT2D eigenvalue weighted by Crippen LogP contribution is -2.53. The van der Waals surface area contributed by atoms with Gasteiger partial charge in [-0.2, -0.15) is 0 Å². The molecule has 16 heavy (non-hydrogen) atoms. The van der Waals surface area contributed by atoms with E-state index in [1.165, 1.54) is 17.0 Å². The van der Waals surface area contributed by atoms with E-state index in [-0.39, 0.29) is 11.6 Å². The number of hydrogen-bond acceptors (Lipinski definition) is 3. The highest BCUT2D eigenvalue weighted by Crippen LogP contribution is 2.25. The summed E-state index contributed by atoms with van der Waals surface area (Å²) in [4.78, 5) is 13.3. The van der Waals surface area contributed by atoms with Crippen LogP contribution in [0, 0.1) is 5.82 Å². The summed E-state index contributed by atoms with van der Waals surface area (Å²) in [5.74, 6) is -0.823. The average molecular weight is 289 g/mol. The zero-order valence-corrected chi connectivity index (χ0v) is 9.87. The van der Waals surface area contributed by atoms with E-state index in [0.29, 0.717) is 23.1 Å². The molecule has 6 heteroatoms. The zero-order chi connectivity index (χ0) is 11.9. The summed E-state index contributed by atoms with van der Waals surface area (Å²) in [6, 6.07) is 2.46. The highest BCUT2D eigenvalue weighted by Gasteiger charge is 2.30. The number of nitrogen functional groups attached to an aromatic ring is 1. The van der Waals surface area contributed by atoms with Gasteiger partial charge < -0.3 is 15.7 Å². The number of halogens is 2. The van der Waals surface area contributed by atoms with Crippen molar-refractivity contribution >= 4 is 27.5 Å². The van der Waals surface area contributed by atoms with Gasteiger partial charge in [0.2, 0.25) is 0 Å². The Morgan fingerprint density at radius 2 is 2.19 bits per heavy atom. The molecule has 86 valence electrons. The van der Waals surface area contributed by atoms with Gasteiger partial charge in [-0.05, 0) is 28.1 Å². The third-order valence-corrected chi connectivity index (χ3v) is 3.12. The first-order valence-electron chi connectivity index (χ1n) is 4.71. The third kappa shape index (κ3) is 1.90. The number of likely N-dealkylation sites (tertiary alicyclic amines) is 1. The predicted octanol–water partition coefficient (Wildman–Crippen LogP) is 0.987. The Morgan fingerprint density at radius 3 is 2.75 bits per heavy atom. The van der Waals surface area contributed by atoms with E-state index in [1.807, 2.05) is 0 Å². The van der Waals surface area contributed by atoms with E-state index in [4.69, 9.17) is 10.8 Å². The number of hydrogen-bond donors (Lipinski definition) is 2. The average Bonchev–Trinajstić information content (AvgIpc) is 2.18. The summed E-state index contributed by atoms with van der Waals surface area (Å²) in [7, 11) is 0. The molecule has 0 saturated carbocycles. The van der Waals surface area contributed by atoms with Gasteiger partial charge in [0, 0.05) is 17.6 Å². The van der Waals surface area contributed by atoms with Gasteiger partial charge in [-0.1, -0.05) is 0 Å². The number of β-amino-alcohol motifs (C(OH)–C–C–N with tert-alkyl or cyclic N) is 1. The molecule has 0 radical (unpaired) electrons. The normalized spacial score (nSPS) is 16.1. The van der Waals surface area contributed by atoms with Crippen LogP contribution in [0.25, 0.3) is 0 Å². The Kier molecular flexibility index (Phi) is 2.86. The minimum absolute atomic E-state index is 0.0624. The lowest BCUT2D eigenvalue weighted by molar-refractivity contribution is 0.00583. The summed E-state index contributed by atoms with van der Waals surface area (Å²) in [5.41, 5.74) is 5.65. The fraction of sp³-hybridized carbons (Fsp3) is 0.300. The first-order chi connectivity index (χ1) is 7.49. The number of amides is 1. The molecule has 1 aliphatic rings. The van der Waals surface area contributed by atoms with Crippen LogP contribution in [0.5, 0.6) is 0 Å². The number of carbonyl (C=O) groups excluding carboxylic acids is 1. The first kappa shape index (κ1) is 11.3. The van der Waals surface area contributed by atoms with Crippen LogP contribution in [0.15, 0.2) is 16.6 Å². The number of anilines is 1. The molecule has 3 N–H and O–H groups in total. The van der Waals surface area contributed by atoms with Crippen molar-refractivity contribution in [2.24, 2.45) is 0 Å². The summed E-state index contributed by atoms with van der Waals surface area (Å²) >= 11 is 3.11. The number of carbonyl (C=O) groups is 1. The van der Waals surface area contributed by atoms with Crippen LogP contribution in [0.2, 0.25) is 0 Å². The predicted molar refractivity (Wildman–Crippen MR) is 60.4 cm³/mol. The van der Waals surface area contributed by atoms with Crippen LogP contribution < -0.4 is 5.73 Å². The SMILES string of the molecule is Nc1cc(C(=O)N2CC(O)C2)c(Br)cc1F. The molecular weight excluding hydrogens is 279 g/mol. The molecule has 1 fully saturated rings. The highest BCUT2D eigenvalue weighted by molar-refractivity contribution is 9.10. The Labute approximate surface area is 100.0 Å². The lowest BCUT2D eigenvalue weighted by atomic mass is 10.1. The van der Waals surface area contributed by atoms with E-state index in [1.54, 1.807) is 0 Å². The lowest BCUT2D eigenvalue weighted by Gasteiger charge is -2.36. The maximum atomic E-state index is 13.1. The second kappa shape index (κ2) is 4.03. The second-order valence-electron chi connectivity index (χ2n) is 3.72. The molecule has 1 aromatic carbocycles. The minimum atomic E-state index is -0.563. The van der Waals surface area contributed by atoms with Crippen LogP contribution in [-0.4, -0.2) is 35.1 Å². The van der Waals surface area contributed by atoms with Crippen molar-refractivity contribution in [1.29, 1.82) is 0 Å². The molecule has 1 heterocycles. The minimum Gasteiger partial charge on any atom is -0.396 e. The summed E-state index contributed by atoms with van der Waals surface area (Å²) < 4.78 is 13.4. The molecule has 0 aliphatic carbocycles. The van der Waals surface area contributed by atoms with Crippen LogP contribution in [0.4, 0.5) is 10.1 Å². The molecule has 4 nitrogen and oxygen atoms in total. The number of nitrogens with zero attached hydrogens (tertiary/aromatic N) is 1. The topological polar surface area (TPSA) is 66.6 Å². The van der Waals surface area contributed by atoms with Gasteiger partial charge in [-0.3, -0.25) is 4.79 Å². The number of nitrogens with two attached hydrogens (primary N) is 1. The smallest absolute Gasteiger partial charge is 0.255 e. The van der Waals surface area contributed by atoms with Gasteiger partial charge in [0.1, 0.15) is 5.82 Å².